The van der Waals surface area contributed by atoms with Gasteiger partial charge in [0.2, 0.25) is 0 Å². The first-order chi connectivity index (χ1) is 2.00. The van der Waals surface area contributed by atoms with E-state index in [1.165, 1.54) is 0 Å². The summed E-state index contributed by atoms with van der Waals surface area (Å²) >= 11 is 0. The van der Waals surface area contributed by atoms with Crippen molar-refractivity contribution in [1.82, 2.24) is 0 Å². The molecule has 5 heteroatoms. The summed E-state index contributed by atoms with van der Waals surface area (Å²) in [6.45, 7) is 0. The Hall–Kier alpha value is -0.0251. The van der Waals surface area contributed by atoms with E-state index in [4.69, 9.17) is 4.55 Å². The predicted octanol–water partition coefficient (Wildman–Crippen LogP) is -0.877. The van der Waals surface area contributed by atoms with Crippen LogP contribution >= 0.6 is 0 Å². The maximum atomic E-state index is 9.19. The van der Waals surface area contributed by atoms with Crippen LogP contribution in [0.15, 0.2) is 0 Å². The molecule has 0 rings (SSSR count). The fourth-order valence-corrected chi connectivity index (χ4v) is 0. The highest BCUT2D eigenvalue weighted by molar-refractivity contribution is 7.85. The Balaban J connectivity index is 0. The Bertz CT molecular complexity index is 94.0. The van der Waals surface area contributed by atoms with Crippen LogP contribution in [0, 0.1) is 0 Å². The van der Waals surface area contributed by atoms with E-state index in [0.717, 1.165) is 0 Å². The molecule has 6 heavy (non-hydrogen) atoms. The second-order valence-electron chi connectivity index (χ2n) is 0.733. The van der Waals surface area contributed by atoms with E-state index in [2.05, 4.69) is 0 Å². The maximum Gasteiger partial charge on any atom is 0.261 e. The van der Waals surface area contributed by atoms with Gasteiger partial charge in [-0.25, -0.2) is 0 Å². The van der Waals surface area contributed by atoms with Crippen molar-refractivity contribution in [1.29, 1.82) is 0 Å². The predicted molar refractivity (Wildman–Crippen MR) is 23.2 cm³/mol. The average molecular weight is 107 g/mol. The van der Waals surface area contributed by atoms with Crippen LogP contribution in [0.5, 0.6) is 0 Å². The lowest BCUT2D eigenvalue weighted by Gasteiger charge is -1.69. The molecule has 0 unspecified atom stereocenters. The molecule has 0 aromatic carbocycles. The van der Waals surface area contributed by atoms with E-state index in [9.17, 15) is 8.42 Å². The molecule has 0 fully saturated rings. The Morgan fingerprint density at radius 2 is 1.50 bits per heavy atom. The van der Waals surface area contributed by atoms with Gasteiger partial charge in [-0.2, -0.15) is 8.42 Å². The van der Waals surface area contributed by atoms with Crippen LogP contribution in [0.25, 0.3) is 0 Å². The third kappa shape index (κ3) is 56000. The van der Waals surface area contributed by atoms with Gasteiger partial charge in [0.15, 0.2) is 0 Å². The van der Waals surface area contributed by atoms with E-state index in [0.29, 0.717) is 6.26 Å². The molecule has 0 heterocycles. The summed E-state index contributed by atoms with van der Waals surface area (Å²) in [4.78, 5) is 0. The average Bonchev–Trinajstić information content (AvgIpc) is 0.722. The zero-order chi connectivity index (χ0) is 4.50. The second kappa shape index (κ2) is 2.20. The standard InChI is InChI=1S/CH4O3S.B/c1-5(2,3)4;/h1H3,(H,2,3,4);. The summed E-state index contributed by atoms with van der Waals surface area (Å²) in [6, 6.07) is 0. The molecule has 35 valence electrons. The number of hydrogen-bond acceptors (Lipinski definition) is 2. The van der Waals surface area contributed by atoms with Crippen LogP contribution in [0.4, 0.5) is 0 Å². The van der Waals surface area contributed by atoms with Crippen molar-refractivity contribution >= 4 is 18.5 Å². The van der Waals surface area contributed by atoms with Gasteiger partial charge >= 0.3 is 0 Å². The molecule has 0 bridgehead atoms. The molecular weight excluding hydrogens is 103 g/mol. The zero-order valence-corrected chi connectivity index (χ0v) is 4.07. The van der Waals surface area contributed by atoms with Gasteiger partial charge in [0.25, 0.3) is 10.1 Å². The first-order valence-corrected chi connectivity index (χ1v) is 2.77. The summed E-state index contributed by atoms with van der Waals surface area (Å²) in [5.74, 6) is 0. The lowest BCUT2D eigenvalue weighted by Crippen LogP contribution is -1.88. The van der Waals surface area contributed by atoms with Crippen molar-refractivity contribution in [3.8, 4) is 0 Å². The highest BCUT2D eigenvalue weighted by Gasteiger charge is 1.81. The first-order valence-electron chi connectivity index (χ1n) is 0.924. The van der Waals surface area contributed by atoms with Crippen LogP contribution in [-0.4, -0.2) is 27.6 Å². The van der Waals surface area contributed by atoms with Crippen LogP contribution in [0.1, 0.15) is 0 Å². The Kier molecular flexibility index (Phi) is 3.43. The maximum absolute atomic E-state index is 9.19. The molecule has 0 saturated carbocycles. The minimum Gasteiger partial charge on any atom is -0.286 e. The molecule has 0 aliphatic rings. The minimum absolute atomic E-state index is 0. The van der Waals surface area contributed by atoms with E-state index in [1.807, 2.05) is 0 Å². The van der Waals surface area contributed by atoms with E-state index in [-0.39, 0.29) is 8.41 Å². The van der Waals surface area contributed by atoms with E-state index >= 15 is 0 Å². The lowest BCUT2D eigenvalue weighted by molar-refractivity contribution is 0.490. The SMILES string of the molecule is CS(=O)(=O)O.[B]. The summed E-state index contributed by atoms with van der Waals surface area (Å²) < 4.78 is 25.9. The first kappa shape index (κ1) is 9.36. The van der Waals surface area contributed by atoms with E-state index in [1.54, 1.807) is 0 Å². The second-order valence-corrected chi connectivity index (χ2v) is 2.20. The van der Waals surface area contributed by atoms with Crippen LogP contribution in [0.3, 0.4) is 0 Å². The molecule has 0 amide bonds. The number of hydrogen-bond donors (Lipinski definition) is 1. The molecule has 0 aromatic rings. The van der Waals surface area contributed by atoms with Crippen LogP contribution in [-0.2, 0) is 10.1 Å². The summed E-state index contributed by atoms with van der Waals surface area (Å²) in [6.07, 6.45) is 0.715. The minimum atomic E-state index is -3.67. The van der Waals surface area contributed by atoms with Crippen molar-refractivity contribution in [2.45, 2.75) is 0 Å². The lowest BCUT2D eigenvalue weighted by atomic mass is 10.8. The third-order valence-electron chi connectivity index (χ3n) is 0. The smallest absolute Gasteiger partial charge is 0.261 e. The molecule has 0 spiro atoms. The highest BCUT2D eigenvalue weighted by Crippen LogP contribution is 1.60. The van der Waals surface area contributed by atoms with Gasteiger partial charge in [-0.3, -0.25) is 4.55 Å². The highest BCUT2D eigenvalue weighted by atomic mass is 32.2. The number of rotatable bonds is 0. The molecule has 0 aliphatic heterocycles. The molecule has 0 saturated heterocycles. The molecular formula is CH4BO3S. The molecule has 0 aliphatic carbocycles. The summed E-state index contributed by atoms with van der Waals surface area (Å²) in [7, 11) is -3.67. The quantitative estimate of drug-likeness (QED) is 0.323. The molecule has 3 nitrogen and oxygen atoms in total. The van der Waals surface area contributed by atoms with Gasteiger partial charge in [-0.15, -0.1) is 0 Å². The molecule has 3 radical (unpaired) electrons. The molecule has 0 atom stereocenters. The van der Waals surface area contributed by atoms with Gasteiger partial charge in [0.1, 0.15) is 0 Å². The van der Waals surface area contributed by atoms with Crippen LogP contribution in [0.2, 0.25) is 0 Å². The van der Waals surface area contributed by atoms with Crippen LogP contribution < -0.4 is 0 Å². The molecule has 1 N–H and O–H groups in total. The zero-order valence-electron chi connectivity index (χ0n) is 3.25. The molecule has 0 aromatic heterocycles. The van der Waals surface area contributed by atoms with Crippen molar-refractivity contribution in [2.24, 2.45) is 0 Å². The van der Waals surface area contributed by atoms with Crippen molar-refractivity contribution < 1.29 is 13.0 Å². The summed E-state index contributed by atoms with van der Waals surface area (Å²) in [5.41, 5.74) is 0. The Morgan fingerprint density at radius 1 is 1.50 bits per heavy atom. The van der Waals surface area contributed by atoms with Gasteiger partial charge in [0.05, 0.1) is 6.26 Å². The topological polar surface area (TPSA) is 54.4 Å². The van der Waals surface area contributed by atoms with Crippen molar-refractivity contribution in [3.63, 3.8) is 0 Å². The largest absolute Gasteiger partial charge is 0.286 e. The monoisotopic (exact) mass is 107 g/mol. The van der Waals surface area contributed by atoms with Crippen molar-refractivity contribution in [2.75, 3.05) is 6.26 Å². The van der Waals surface area contributed by atoms with Gasteiger partial charge in [0, 0.05) is 8.41 Å². The van der Waals surface area contributed by atoms with Gasteiger partial charge < -0.3 is 0 Å². The fraction of sp³-hybridized carbons (Fsp3) is 1.00. The van der Waals surface area contributed by atoms with E-state index < -0.39 is 10.1 Å². The van der Waals surface area contributed by atoms with Gasteiger partial charge in [-0.05, 0) is 0 Å². The van der Waals surface area contributed by atoms with Gasteiger partial charge in [-0.1, -0.05) is 0 Å². The normalized spacial score (nSPS) is 9.67. The Morgan fingerprint density at radius 3 is 1.50 bits per heavy atom. The third-order valence-corrected chi connectivity index (χ3v) is 0. The fourth-order valence-electron chi connectivity index (χ4n) is 0. The Labute approximate surface area is 38.7 Å². The summed E-state index contributed by atoms with van der Waals surface area (Å²) in [5, 5.41) is 0. The van der Waals surface area contributed by atoms with Crippen molar-refractivity contribution in [3.05, 3.63) is 0 Å².